The number of benzene rings is 2. The summed E-state index contributed by atoms with van der Waals surface area (Å²) in [7, 11) is 0. The van der Waals surface area contributed by atoms with Crippen molar-refractivity contribution in [3.8, 4) is 0 Å². The number of thiophene rings is 1. The molecule has 1 aliphatic carbocycles. The van der Waals surface area contributed by atoms with Crippen molar-refractivity contribution in [2.45, 2.75) is 57.5 Å². The van der Waals surface area contributed by atoms with E-state index in [0.29, 0.717) is 16.9 Å². The number of carbonyl (C=O) groups excluding carboxylic acids is 3. The number of rotatable bonds is 8. The Morgan fingerprint density at radius 3 is 2.31 bits per heavy atom. The molecule has 3 aromatic rings. The van der Waals surface area contributed by atoms with Crippen molar-refractivity contribution in [1.29, 1.82) is 0 Å². The molecule has 2 aromatic carbocycles. The molecule has 0 radical (unpaired) electrons. The van der Waals surface area contributed by atoms with Crippen LogP contribution < -0.4 is 15.5 Å². The number of carbonyl (C=O) groups is 3. The van der Waals surface area contributed by atoms with Crippen LogP contribution in [0.4, 0.5) is 15.8 Å². The Labute approximate surface area is 214 Å². The third-order valence-electron chi connectivity index (χ3n) is 6.28. The van der Waals surface area contributed by atoms with Crippen molar-refractivity contribution in [1.82, 2.24) is 5.32 Å². The van der Waals surface area contributed by atoms with Gasteiger partial charge in [0.1, 0.15) is 11.9 Å². The minimum atomic E-state index is -0.980. The van der Waals surface area contributed by atoms with E-state index in [9.17, 15) is 18.8 Å². The van der Waals surface area contributed by atoms with Crippen molar-refractivity contribution in [3.05, 3.63) is 82.3 Å². The maximum absolute atomic E-state index is 13.8. The third-order valence-corrected chi connectivity index (χ3v) is 7.16. The normalized spacial score (nSPS) is 14.6. The molecule has 0 aliphatic heterocycles. The predicted octanol–water partition coefficient (Wildman–Crippen LogP) is 5.61. The quantitative estimate of drug-likeness (QED) is 0.416. The lowest BCUT2D eigenvalue weighted by Crippen LogP contribution is -2.47. The van der Waals surface area contributed by atoms with Gasteiger partial charge in [-0.15, -0.1) is 11.3 Å². The summed E-state index contributed by atoms with van der Waals surface area (Å²) >= 11 is 1.47. The fourth-order valence-electron chi connectivity index (χ4n) is 4.58. The highest BCUT2D eigenvalue weighted by molar-refractivity contribution is 7.10. The first kappa shape index (κ1) is 25.6. The Balaban J connectivity index is 1.73. The van der Waals surface area contributed by atoms with Gasteiger partial charge in [0.25, 0.3) is 0 Å². The molecule has 1 fully saturated rings. The van der Waals surface area contributed by atoms with Crippen molar-refractivity contribution in [3.63, 3.8) is 0 Å². The maximum Gasteiger partial charge on any atom is 0.248 e. The molecule has 2 N–H and O–H groups in total. The lowest BCUT2D eigenvalue weighted by molar-refractivity contribution is -0.127. The van der Waals surface area contributed by atoms with Gasteiger partial charge in [-0.3, -0.25) is 19.3 Å². The monoisotopic (exact) mass is 507 g/mol. The molecule has 1 heterocycles. The van der Waals surface area contributed by atoms with Crippen LogP contribution in [0, 0.1) is 5.82 Å². The van der Waals surface area contributed by atoms with Crippen LogP contribution in [0.15, 0.2) is 66.0 Å². The maximum atomic E-state index is 13.8. The van der Waals surface area contributed by atoms with Crippen molar-refractivity contribution >= 4 is 40.4 Å². The molecule has 1 atom stereocenters. The molecular formula is C28H30FN3O3S. The van der Waals surface area contributed by atoms with E-state index in [1.54, 1.807) is 36.4 Å². The number of anilines is 2. The van der Waals surface area contributed by atoms with Crippen LogP contribution in [0.25, 0.3) is 0 Å². The largest absolute Gasteiger partial charge is 0.351 e. The second kappa shape index (κ2) is 11.9. The highest BCUT2D eigenvalue weighted by Crippen LogP contribution is 2.31. The molecule has 188 valence electrons. The Hall–Kier alpha value is -3.52. The first-order valence-corrected chi connectivity index (χ1v) is 13.1. The second-order valence-corrected chi connectivity index (χ2v) is 10.1. The molecular weight excluding hydrogens is 477 g/mol. The van der Waals surface area contributed by atoms with Gasteiger partial charge >= 0.3 is 0 Å². The van der Waals surface area contributed by atoms with Crippen LogP contribution in [0.5, 0.6) is 0 Å². The first-order valence-electron chi connectivity index (χ1n) is 12.2. The number of hydrogen-bond acceptors (Lipinski definition) is 4. The molecule has 0 bridgehead atoms. The van der Waals surface area contributed by atoms with E-state index in [4.69, 9.17) is 0 Å². The van der Waals surface area contributed by atoms with Gasteiger partial charge in [-0.25, -0.2) is 4.39 Å². The zero-order valence-corrected chi connectivity index (χ0v) is 21.0. The lowest BCUT2D eigenvalue weighted by atomic mass is 9.94. The molecule has 1 saturated carbocycles. The zero-order chi connectivity index (χ0) is 25.5. The van der Waals surface area contributed by atoms with Crippen molar-refractivity contribution < 1.29 is 18.8 Å². The molecule has 6 nitrogen and oxygen atoms in total. The minimum Gasteiger partial charge on any atom is -0.351 e. The second-order valence-electron chi connectivity index (χ2n) is 9.05. The summed E-state index contributed by atoms with van der Waals surface area (Å²) in [6.45, 7) is 1.42. The van der Waals surface area contributed by atoms with Crippen LogP contribution in [0.1, 0.15) is 55.5 Å². The van der Waals surface area contributed by atoms with Crippen LogP contribution in [-0.2, 0) is 20.8 Å². The average Bonchev–Trinajstić information content (AvgIpc) is 3.37. The predicted molar refractivity (Wildman–Crippen MR) is 140 cm³/mol. The van der Waals surface area contributed by atoms with E-state index >= 15 is 0 Å². The van der Waals surface area contributed by atoms with Gasteiger partial charge in [0.15, 0.2) is 0 Å². The molecule has 0 saturated heterocycles. The van der Waals surface area contributed by atoms with E-state index in [1.807, 2.05) is 17.5 Å². The van der Waals surface area contributed by atoms with Gasteiger partial charge in [0.2, 0.25) is 17.7 Å². The van der Waals surface area contributed by atoms with Gasteiger partial charge in [0, 0.05) is 29.2 Å². The van der Waals surface area contributed by atoms with Crippen molar-refractivity contribution in [2.24, 2.45) is 0 Å². The highest BCUT2D eigenvalue weighted by atomic mass is 32.1. The van der Waals surface area contributed by atoms with Crippen LogP contribution in [0.3, 0.4) is 0 Å². The summed E-state index contributed by atoms with van der Waals surface area (Å²) < 4.78 is 13.8. The van der Waals surface area contributed by atoms with E-state index in [0.717, 1.165) is 37.0 Å². The van der Waals surface area contributed by atoms with Crippen LogP contribution in [-0.4, -0.2) is 23.8 Å². The van der Waals surface area contributed by atoms with Gasteiger partial charge in [-0.1, -0.05) is 37.5 Å². The number of amides is 3. The molecule has 1 aliphatic rings. The summed E-state index contributed by atoms with van der Waals surface area (Å²) in [5.74, 6) is -1.16. The number of nitrogens with one attached hydrogen (secondary N) is 2. The Kier molecular flexibility index (Phi) is 8.48. The van der Waals surface area contributed by atoms with E-state index in [1.165, 1.54) is 35.3 Å². The molecule has 0 spiro atoms. The van der Waals surface area contributed by atoms with Crippen LogP contribution in [0.2, 0.25) is 0 Å². The molecule has 0 unspecified atom stereocenters. The van der Waals surface area contributed by atoms with Gasteiger partial charge in [-0.2, -0.15) is 0 Å². The summed E-state index contributed by atoms with van der Waals surface area (Å²) in [5, 5.41) is 7.78. The zero-order valence-electron chi connectivity index (χ0n) is 20.2. The topological polar surface area (TPSA) is 78.5 Å². The molecule has 3 amide bonds. The SMILES string of the molecule is CC(=O)Nc1ccc(N(C(=O)Cc2cccs2)[C@H](C(=O)NC2CCCCC2)c2ccc(F)cc2)cc1. The van der Waals surface area contributed by atoms with E-state index in [2.05, 4.69) is 10.6 Å². The van der Waals surface area contributed by atoms with E-state index in [-0.39, 0.29) is 30.2 Å². The number of hydrogen-bond donors (Lipinski definition) is 2. The smallest absolute Gasteiger partial charge is 0.248 e. The average molecular weight is 508 g/mol. The van der Waals surface area contributed by atoms with Gasteiger partial charge in [0.05, 0.1) is 6.42 Å². The van der Waals surface area contributed by atoms with Crippen LogP contribution >= 0.6 is 11.3 Å². The minimum absolute atomic E-state index is 0.0468. The number of halogens is 1. The summed E-state index contributed by atoms with van der Waals surface area (Å²) in [5.41, 5.74) is 1.62. The molecule has 8 heteroatoms. The summed E-state index contributed by atoms with van der Waals surface area (Å²) in [6.07, 6.45) is 5.18. The Bertz CT molecular complexity index is 1170. The Morgan fingerprint density at radius 2 is 1.69 bits per heavy atom. The van der Waals surface area contributed by atoms with E-state index < -0.39 is 11.9 Å². The highest BCUT2D eigenvalue weighted by Gasteiger charge is 2.34. The van der Waals surface area contributed by atoms with Crippen molar-refractivity contribution in [2.75, 3.05) is 10.2 Å². The summed E-state index contributed by atoms with van der Waals surface area (Å²) in [4.78, 5) is 41.4. The number of nitrogens with zero attached hydrogens (tertiary/aromatic N) is 1. The fourth-order valence-corrected chi connectivity index (χ4v) is 5.28. The van der Waals surface area contributed by atoms with Gasteiger partial charge in [-0.05, 0) is 66.2 Å². The molecule has 36 heavy (non-hydrogen) atoms. The standard InChI is InChI=1S/C28H30FN3O3S/c1-19(33)30-23-13-15-24(16-14-23)32(26(34)18-25-8-5-17-36-25)27(20-9-11-21(29)12-10-20)28(35)31-22-6-3-2-4-7-22/h5,8-17,22,27H,2-4,6-7,18H2,1H3,(H,30,33)(H,31,35)/t27-/m0/s1. The summed E-state index contributed by atoms with van der Waals surface area (Å²) in [6, 6.07) is 15.4. The molecule has 1 aromatic heterocycles. The first-order chi connectivity index (χ1) is 17.4. The third kappa shape index (κ3) is 6.57. The molecule has 4 rings (SSSR count). The fraction of sp³-hybridized carbons (Fsp3) is 0.321. The van der Waals surface area contributed by atoms with Gasteiger partial charge < -0.3 is 10.6 Å². The lowest BCUT2D eigenvalue weighted by Gasteiger charge is -2.33. The Morgan fingerprint density at radius 1 is 1.00 bits per heavy atom.